The normalized spacial score (nSPS) is 23.1. The number of ether oxygens (including phenoxy) is 3. The molecule has 1 aliphatic heterocycles. The summed E-state index contributed by atoms with van der Waals surface area (Å²) in [6.45, 7) is 1.08. The second-order valence-electron chi connectivity index (χ2n) is 9.84. The minimum Gasteiger partial charge on any atom is -0.493 e. The fourth-order valence-electron chi connectivity index (χ4n) is 5.87. The van der Waals surface area contributed by atoms with Gasteiger partial charge in [-0.25, -0.2) is 4.98 Å². The van der Waals surface area contributed by atoms with Crippen molar-refractivity contribution in [1.82, 2.24) is 15.2 Å². The number of benzene rings is 2. The Labute approximate surface area is 224 Å². The molecule has 3 aromatic rings. The number of thiocarbonyl (C=S) groups is 1. The van der Waals surface area contributed by atoms with Crippen molar-refractivity contribution in [3.63, 3.8) is 0 Å². The van der Waals surface area contributed by atoms with E-state index in [2.05, 4.69) is 39.7 Å². The van der Waals surface area contributed by atoms with E-state index >= 15 is 0 Å². The van der Waals surface area contributed by atoms with Gasteiger partial charge in [0.25, 0.3) is 0 Å². The Hall–Kier alpha value is -3.36. The van der Waals surface area contributed by atoms with Gasteiger partial charge in [-0.2, -0.15) is 0 Å². The van der Waals surface area contributed by atoms with Crippen molar-refractivity contribution < 1.29 is 14.2 Å². The fourth-order valence-corrected chi connectivity index (χ4v) is 6.16. The number of aromatic nitrogens is 1. The fraction of sp³-hybridized carbons (Fsp3) is 0.379. The number of nitrogens with zero attached hydrogens (tertiary/aromatic N) is 2. The predicted molar refractivity (Wildman–Crippen MR) is 150 cm³/mol. The quantitative estimate of drug-likeness (QED) is 0.405. The molecule has 3 atom stereocenters. The van der Waals surface area contributed by atoms with E-state index in [0.717, 1.165) is 55.2 Å². The third-order valence-corrected chi connectivity index (χ3v) is 8.00. The van der Waals surface area contributed by atoms with E-state index in [1.165, 1.54) is 5.56 Å². The third kappa shape index (κ3) is 5.36. The first kappa shape index (κ1) is 25.3. The van der Waals surface area contributed by atoms with Crippen molar-refractivity contribution in [1.29, 1.82) is 0 Å². The van der Waals surface area contributed by atoms with Gasteiger partial charge in [-0.1, -0.05) is 24.3 Å². The number of hydrogen-bond donors (Lipinski definition) is 2. The van der Waals surface area contributed by atoms with Gasteiger partial charge < -0.3 is 29.7 Å². The van der Waals surface area contributed by atoms with E-state index in [0.29, 0.717) is 23.1 Å². The number of anilines is 1. The topological polar surface area (TPSA) is 67.9 Å². The standard InChI is InChI=1S/C29H34N4O3S/c1-33-16-15-29(20-9-11-24(34-2)25(17-20)35-3)14-13-21(18-26(29)33)31-28(37)32-22-10-12-27(30-19-22)36-23-7-5-4-6-8-23/h4-12,17,19,21,26H,13-16,18H2,1-3H3,(H2,31,32,37)/t21-,26+,29+/m1/s1. The largest absolute Gasteiger partial charge is 0.493 e. The Bertz CT molecular complexity index is 1220. The lowest BCUT2D eigenvalue weighted by Gasteiger charge is -2.45. The predicted octanol–water partition coefficient (Wildman–Crippen LogP) is 5.37. The van der Waals surface area contributed by atoms with Crippen LogP contribution in [0.5, 0.6) is 23.1 Å². The summed E-state index contributed by atoms with van der Waals surface area (Å²) in [7, 11) is 5.61. The van der Waals surface area contributed by atoms with Gasteiger partial charge in [0.2, 0.25) is 5.88 Å². The summed E-state index contributed by atoms with van der Waals surface area (Å²) in [5.74, 6) is 2.86. The molecule has 2 fully saturated rings. The molecule has 0 amide bonds. The molecule has 0 unspecified atom stereocenters. The van der Waals surface area contributed by atoms with Gasteiger partial charge in [0.1, 0.15) is 5.75 Å². The van der Waals surface area contributed by atoms with Gasteiger partial charge in [-0.05, 0) is 87.4 Å². The smallest absolute Gasteiger partial charge is 0.219 e. The van der Waals surface area contributed by atoms with Crippen molar-refractivity contribution in [2.45, 2.75) is 43.2 Å². The van der Waals surface area contributed by atoms with Crippen molar-refractivity contribution in [3.8, 4) is 23.1 Å². The molecule has 194 valence electrons. The molecule has 1 aliphatic carbocycles. The number of rotatable bonds is 7. The Morgan fingerprint density at radius 2 is 1.84 bits per heavy atom. The molecule has 0 spiro atoms. The lowest BCUT2D eigenvalue weighted by atomic mass is 9.65. The molecule has 37 heavy (non-hydrogen) atoms. The van der Waals surface area contributed by atoms with Crippen molar-refractivity contribution in [3.05, 3.63) is 72.4 Å². The molecule has 5 rings (SSSR count). The van der Waals surface area contributed by atoms with Crippen LogP contribution >= 0.6 is 12.2 Å². The van der Waals surface area contributed by atoms with Crippen LogP contribution in [0.3, 0.4) is 0 Å². The summed E-state index contributed by atoms with van der Waals surface area (Å²) in [6, 6.07) is 20.5. The molecule has 2 aromatic carbocycles. The van der Waals surface area contributed by atoms with Gasteiger partial charge in [0.15, 0.2) is 16.6 Å². The van der Waals surface area contributed by atoms with Crippen LogP contribution in [0, 0.1) is 0 Å². The molecule has 1 saturated heterocycles. The highest BCUT2D eigenvalue weighted by molar-refractivity contribution is 7.80. The maximum Gasteiger partial charge on any atom is 0.219 e. The number of hydrogen-bond acceptors (Lipinski definition) is 6. The molecular weight excluding hydrogens is 484 g/mol. The minimum absolute atomic E-state index is 0.111. The maximum atomic E-state index is 5.78. The van der Waals surface area contributed by atoms with Crippen LogP contribution in [0.2, 0.25) is 0 Å². The van der Waals surface area contributed by atoms with E-state index < -0.39 is 0 Å². The monoisotopic (exact) mass is 518 g/mol. The molecule has 8 heteroatoms. The van der Waals surface area contributed by atoms with Crippen LogP contribution in [0.1, 0.15) is 31.2 Å². The van der Waals surface area contributed by atoms with E-state index in [1.807, 2.05) is 48.5 Å². The second kappa shape index (κ2) is 10.9. The zero-order valence-corrected chi connectivity index (χ0v) is 22.4. The maximum absolute atomic E-state index is 5.78. The third-order valence-electron chi connectivity index (χ3n) is 7.78. The van der Waals surface area contributed by atoms with Gasteiger partial charge in [-0.3, -0.25) is 0 Å². The molecule has 7 nitrogen and oxygen atoms in total. The van der Waals surface area contributed by atoms with Crippen LogP contribution in [0.25, 0.3) is 0 Å². The van der Waals surface area contributed by atoms with Crippen LogP contribution in [0.4, 0.5) is 5.69 Å². The number of likely N-dealkylation sites (tertiary alicyclic amines) is 1. The van der Waals surface area contributed by atoms with E-state index in [4.69, 9.17) is 26.4 Å². The van der Waals surface area contributed by atoms with Gasteiger partial charge in [0, 0.05) is 23.6 Å². The van der Waals surface area contributed by atoms with Crippen LogP contribution in [-0.2, 0) is 5.41 Å². The van der Waals surface area contributed by atoms with Crippen LogP contribution < -0.4 is 24.8 Å². The highest BCUT2D eigenvalue weighted by atomic mass is 32.1. The lowest BCUT2D eigenvalue weighted by Crippen LogP contribution is -2.52. The van der Waals surface area contributed by atoms with Crippen molar-refractivity contribution in [2.75, 3.05) is 33.1 Å². The highest BCUT2D eigenvalue weighted by Crippen LogP contribution is 2.49. The molecular formula is C29H34N4O3S. The van der Waals surface area contributed by atoms with Gasteiger partial charge in [0.05, 0.1) is 26.1 Å². The molecule has 2 heterocycles. The summed E-state index contributed by atoms with van der Waals surface area (Å²) in [4.78, 5) is 6.89. The first-order valence-electron chi connectivity index (χ1n) is 12.7. The van der Waals surface area contributed by atoms with Crippen molar-refractivity contribution >= 4 is 23.0 Å². The average Bonchev–Trinajstić information content (AvgIpc) is 3.26. The zero-order chi connectivity index (χ0) is 25.8. The second-order valence-corrected chi connectivity index (χ2v) is 10.3. The SMILES string of the molecule is COc1ccc([C@@]23CC[C@@H](NC(=S)Nc4ccc(Oc5ccccc5)nc4)C[C@@H]2N(C)CC3)cc1OC. The first-order chi connectivity index (χ1) is 18.0. The van der Waals surface area contributed by atoms with Crippen molar-refractivity contribution in [2.24, 2.45) is 0 Å². The number of fused-ring (bicyclic) bond motifs is 1. The van der Waals surface area contributed by atoms with E-state index in [9.17, 15) is 0 Å². The Morgan fingerprint density at radius 1 is 1.03 bits per heavy atom. The van der Waals surface area contributed by atoms with Crippen LogP contribution in [0.15, 0.2) is 66.9 Å². The Morgan fingerprint density at radius 3 is 2.57 bits per heavy atom. The number of para-hydroxylation sites is 1. The van der Waals surface area contributed by atoms with Gasteiger partial charge in [-0.15, -0.1) is 0 Å². The molecule has 1 saturated carbocycles. The van der Waals surface area contributed by atoms with Gasteiger partial charge >= 0.3 is 0 Å². The number of likely N-dealkylation sites (N-methyl/N-ethyl adjacent to an activating group) is 1. The molecule has 1 aromatic heterocycles. The Balaban J connectivity index is 1.21. The van der Waals surface area contributed by atoms with E-state index in [1.54, 1.807) is 20.4 Å². The molecule has 2 aliphatic rings. The molecule has 0 radical (unpaired) electrons. The molecule has 2 N–H and O–H groups in total. The lowest BCUT2D eigenvalue weighted by molar-refractivity contribution is 0.161. The average molecular weight is 519 g/mol. The Kier molecular flexibility index (Phi) is 7.48. The summed E-state index contributed by atoms with van der Waals surface area (Å²) in [6.07, 6.45) is 6.03. The number of methoxy groups -OCH3 is 2. The first-order valence-corrected chi connectivity index (χ1v) is 13.1. The molecule has 0 bridgehead atoms. The van der Waals surface area contributed by atoms with E-state index in [-0.39, 0.29) is 5.41 Å². The summed E-state index contributed by atoms with van der Waals surface area (Å²) in [5.41, 5.74) is 2.27. The highest BCUT2D eigenvalue weighted by Gasteiger charge is 2.50. The zero-order valence-electron chi connectivity index (χ0n) is 21.6. The minimum atomic E-state index is 0.111. The number of pyridine rings is 1. The summed E-state index contributed by atoms with van der Waals surface area (Å²) < 4.78 is 16.9. The summed E-state index contributed by atoms with van der Waals surface area (Å²) in [5, 5.41) is 7.45. The summed E-state index contributed by atoms with van der Waals surface area (Å²) >= 11 is 5.66. The number of nitrogens with one attached hydrogen (secondary N) is 2. The van der Waals surface area contributed by atoms with Crippen LogP contribution in [-0.4, -0.2) is 54.9 Å².